The maximum atomic E-state index is 5.86. The van der Waals surface area contributed by atoms with E-state index in [1.54, 1.807) is 0 Å². The van der Waals surface area contributed by atoms with E-state index in [-0.39, 0.29) is 0 Å². The van der Waals surface area contributed by atoms with Crippen molar-refractivity contribution in [3.63, 3.8) is 0 Å². The second kappa shape index (κ2) is 8.59. The van der Waals surface area contributed by atoms with Crippen molar-refractivity contribution < 1.29 is 0 Å². The Morgan fingerprint density at radius 1 is 1.20 bits per heavy atom. The van der Waals surface area contributed by atoms with Crippen LogP contribution in [0.2, 0.25) is 0 Å². The number of guanidine groups is 1. The average Bonchev–Trinajstić information content (AvgIpc) is 2.98. The Bertz CT molecular complexity index is 396. The van der Waals surface area contributed by atoms with Crippen LogP contribution in [0, 0.1) is 0 Å². The number of nitrogens with one attached hydrogen (secondary N) is 1. The van der Waals surface area contributed by atoms with E-state index in [4.69, 9.17) is 5.73 Å². The van der Waals surface area contributed by atoms with E-state index >= 15 is 0 Å². The van der Waals surface area contributed by atoms with Gasteiger partial charge in [-0.2, -0.15) is 0 Å². The number of hydrogen-bond acceptors (Lipinski definition) is 2. The van der Waals surface area contributed by atoms with E-state index in [1.807, 2.05) is 6.07 Å². The second-order valence-corrected chi connectivity index (χ2v) is 5.33. The van der Waals surface area contributed by atoms with Crippen LogP contribution < -0.4 is 11.1 Å². The Morgan fingerprint density at radius 2 is 1.95 bits per heavy atom. The molecule has 4 heteroatoms. The van der Waals surface area contributed by atoms with Gasteiger partial charge in [-0.15, -0.1) is 0 Å². The lowest BCUT2D eigenvalue weighted by Crippen LogP contribution is -2.33. The van der Waals surface area contributed by atoms with Gasteiger partial charge in [0, 0.05) is 13.1 Å². The zero-order valence-electron chi connectivity index (χ0n) is 12.2. The van der Waals surface area contributed by atoms with Gasteiger partial charge in [-0.25, -0.2) is 0 Å². The smallest absolute Gasteiger partial charge is 0.188 e. The fourth-order valence-corrected chi connectivity index (χ4v) is 2.54. The summed E-state index contributed by atoms with van der Waals surface area (Å²) >= 11 is 0. The van der Waals surface area contributed by atoms with Crippen molar-refractivity contribution in [1.29, 1.82) is 0 Å². The summed E-state index contributed by atoms with van der Waals surface area (Å²) in [4.78, 5) is 6.88. The Balaban J connectivity index is 1.54. The second-order valence-electron chi connectivity index (χ2n) is 5.33. The summed E-state index contributed by atoms with van der Waals surface area (Å²) in [5.74, 6) is 0.572. The number of aliphatic imine (C=N–C) groups is 1. The number of rotatable bonds is 7. The third-order valence-corrected chi connectivity index (χ3v) is 3.68. The highest BCUT2D eigenvalue weighted by atomic mass is 15.1. The summed E-state index contributed by atoms with van der Waals surface area (Å²) < 4.78 is 0. The number of likely N-dealkylation sites (tertiary alicyclic amines) is 1. The molecule has 0 unspecified atom stereocenters. The molecule has 110 valence electrons. The zero-order valence-corrected chi connectivity index (χ0v) is 12.2. The molecule has 0 bridgehead atoms. The van der Waals surface area contributed by atoms with Crippen LogP contribution in [-0.2, 0) is 6.42 Å². The number of nitrogens with zero attached hydrogens (tertiary/aromatic N) is 2. The van der Waals surface area contributed by atoms with Crippen LogP contribution in [0.1, 0.15) is 24.8 Å². The monoisotopic (exact) mass is 274 g/mol. The van der Waals surface area contributed by atoms with E-state index in [1.165, 1.54) is 31.5 Å². The first-order valence-corrected chi connectivity index (χ1v) is 7.64. The molecule has 4 nitrogen and oxygen atoms in total. The summed E-state index contributed by atoms with van der Waals surface area (Å²) in [6.45, 7) is 5.33. The van der Waals surface area contributed by atoms with Crippen molar-refractivity contribution in [2.45, 2.75) is 25.7 Å². The predicted molar refractivity (Wildman–Crippen MR) is 84.9 cm³/mol. The van der Waals surface area contributed by atoms with Gasteiger partial charge in [-0.3, -0.25) is 4.99 Å². The molecule has 1 aliphatic rings. The van der Waals surface area contributed by atoms with Crippen LogP contribution in [0.25, 0.3) is 0 Å². The van der Waals surface area contributed by atoms with Gasteiger partial charge >= 0.3 is 0 Å². The summed E-state index contributed by atoms with van der Waals surface area (Å²) in [6, 6.07) is 10.4. The lowest BCUT2D eigenvalue weighted by molar-refractivity contribution is 0.336. The van der Waals surface area contributed by atoms with Gasteiger partial charge in [0.2, 0.25) is 0 Å². The van der Waals surface area contributed by atoms with Crippen LogP contribution in [-0.4, -0.2) is 43.6 Å². The molecule has 1 aromatic rings. The summed E-state index contributed by atoms with van der Waals surface area (Å²) in [5.41, 5.74) is 7.18. The maximum Gasteiger partial charge on any atom is 0.188 e. The van der Waals surface area contributed by atoms with E-state index < -0.39 is 0 Å². The van der Waals surface area contributed by atoms with Gasteiger partial charge in [-0.1, -0.05) is 30.3 Å². The number of benzene rings is 1. The summed E-state index contributed by atoms with van der Waals surface area (Å²) in [6.07, 6.45) is 4.78. The van der Waals surface area contributed by atoms with Crippen LogP contribution in [0.4, 0.5) is 0 Å². The molecule has 1 aliphatic heterocycles. The molecule has 0 spiro atoms. The van der Waals surface area contributed by atoms with Crippen molar-refractivity contribution in [2.75, 3.05) is 32.7 Å². The van der Waals surface area contributed by atoms with Crippen molar-refractivity contribution in [2.24, 2.45) is 10.7 Å². The molecule has 1 saturated heterocycles. The Kier molecular flexibility index (Phi) is 6.38. The highest BCUT2D eigenvalue weighted by Gasteiger charge is 2.09. The van der Waals surface area contributed by atoms with Gasteiger partial charge in [0.1, 0.15) is 0 Å². The molecule has 0 aliphatic carbocycles. The summed E-state index contributed by atoms with van der Waals surface area (Å²) in [7, 11) is 0. The molecule has 0 atom stereocenters. The van der Waals surface area contributed by atoms with E-state index in [0.717, 1.165) is 32.5 Å². The Hall–Kier alpha value is -1.55. The quantitative estimate of drug-likeness (QED) is 0.451. The van der Waals surface area contributed by atoms with Crippen molar-refractivity contribution >= 4 is 5.96 Å². The molecule has 1 heterocycles. The number of hydrogen-bond donors (Lipinski definition) is 2. The standard InChI is InChI=1S/C16H26N4/c17-16(18-10-6-14-20-12-4-5-13-20)19-11-9-15-7-2-1-3-8-15/h1-3,7-8H,4-6,9-14H2,(H3,17,18,19). The molecular weight excluding hydrogens is 248 g/mol. The van der Waals surface area contributed by atoms with Gasteiger partial charge in [0.25, 0.3) is 0 Å². The average molecular weight is 274 g/mol. The van der Waals surface area contributed by atoms with Crippen molar-refractivity contribution in [3.8, 4) is 0 Å². The molecule has 1 aromatic carbocycles. The fourth-order valence-electron chi connectivity index (χ4n) is 2.54. The predicted octanol–water partition coefficient (Wildman–Crippen LogP) is 1.62. The molecule has 0 saturated carbocycles. The molecule has 0 radical (unpaired) electrons. The van der Waals surface area contributed by atoms with E-state index in [9.17, 15) is 0 Å². The topological polar surface area (TPSA) is 53.6 Å². The van der Waals surface area contributed by atoms with Crippen LogP contribution in [0.3, 0.4) is 0 Å². The van der Waals surface area contributed by atoms with Gasteiger partial charge < -0.3 is 16.0 Å². The van der Waals surface area contributed by atoms with E-state index in [0.29, 0.717) is 5.96 Å². The van der Waals surface area contributed by atoms with Gasteiger partial charge in [0.05, 0.1) is 0 Å². The molecule has 0 amide bonds. The normalized spacial score (nSPS) is 16.5. The SMILES string of the molecule is NC(=NCCCN1CCCC1)NCCc1ccccc1. The molecular formula is C16H26N4. The molecule has 20 heavy (non-hydrogen) atoms. The first kappa shape index (κ1) is 14.9. The van der Waals surface area contributed by atoms with Crippen LogP contribution in [0.15, 0.2) is 35.3 Å². The highest BCUT2D eigenvalue weighted by Crippen LogP contribution is 2.07. The third kappa shape index (κ3) is 5.61. The fraction of sp³-hybridized carbons (Fsp3) is 0.562. The van der Waals surface area contributed by atoms with Crippen LogP contribution >= 0.6 is 0 Å². The molecule has 3 N–H and O–H groups in total. The lowest BCUT2D eigenvalue weighted by atomic mass is 10.1. The number of nitrogens with two attached hydrogens (primary N) is 1. The maximum absolute atomic E-state index is 5.86. The minimum Gasteiger partial charge on any atom is -0.370 e. The highest BCUT2D eigenvalue weighted by molar-refractivity contribution is 5.77. The zero-order chi connectivity index (χ0) is 14.0. The molecule has 0 aromatic heterocycles. The first-order chi connectivity index (χ1) is 9.84. The third-order valence-electron chi connectivity index (χ3n) is 3.68. The first-order valence-electron chi connectivity index (χ1n) is 7.64. The largest absolute Gasteiger partial charge is 0.370 e. The minimum atomic E-state index is 0.572. The van der Waals surface area contributed by atoms with Gasteiger partial charge in [-0.05, 0) is 50.9 Å². The Morgan fingerprint density at radius 3 is 2.70 bits per heavy atom. The van der Waals surface area contributed by atoms with Crippen molar-refractivity contribution in [1.82, 2.24) is 10.2 Å². The van der Waals surface area contributed by atoms with E-state index in [2.05, 4.69) is 39.5 Å². The lowest BCUT2D eigenvalue weighted by Gasteiger charge is -2.13. The van der Waals surface area contributed by atoms with Crippen LogP contribution in [0.5, 0.6) is 0 Å². The minimum absolute atomic E-state index is 0.572. The Labute approximate surface area is 122 Å². The summed E-state index contributed by atoms with van der Waals surface area (Å²) in [5, 5.41) is 3.17. The van der Waals surface area contributed by atoms with Gasteiger partial charge in [0.15, 0.2) is 5.96 Å². The van der Waals surface area contributed by atoms with Crippen molar-refractivity contribution in [3.05, 3.63) is 35.9 Å². The molecule has 1 fully saturated rings. The molecule has 2 rings (SSSR count).